The van der Waals surface area contributed by atoms with Crippen LogP contribution < -0.4 is 10.9 Å². The molecule has 1 amide bonds. The summed E-state index contributed by atoms with van der Waals surface area (Å²) in [6, 6.07) is 6.48. The number of hydrogen-bond donors (Lipinski definition) is 1. The minimum Gasteiger partial charge on any atom is -0.323 e. The van der Waals surface area contributed by atoms with Crippen molar-refractivity contribution in [3.8, 4) is 28.2 Å². The van der Waals surface area contributed by atoms with Gasteiger partial charge in [0.25, 0.3) is 5.56 Å². The highest BCUT2D eigenvalue weighted by Crippen LogP contribution is 2.36. The fourth-order valence-corrected chi connectivity index (χ4v) is 5.52. The van der Waals surface area contributed by atoms with E-state index in [9.17, 15) is 31.5 Å². The first-order chi connectivity index (χ1) is 21.9. The number of carbonyl (C=O) groups excluding carboxylic acids is 1. The number of aromatic nitrogens is 8. The molecule has 0 spiro atoms. The zero-order valence-corrected chi connectivity index (χ0v) is 24.5. The predicted octanol–water partition coefficient (Wildman–Crippen LogP) is 6.16. The summed E-state index contributed by atoms with van der Waals surface area (Å²) in [7, 11) is 0. The van der Waals surface area contributed by atoms with E-state index in [1.165, 1.54) is 47.6 Å². The third kappa shape index (κ3) is 5.99. The monoisotopic (exact) mass is 659 g/mol. The molecule has 0 saturated heterocycles. The van der Waals surface area contributed by atoms with E-state index in [1.54, 1.807) is 13.0 Å². The van der Waals surface area contributed by atoms with Gasteiger partial charge in [-0.15, -0.1) is 5.10 Å². The maximum absolute atomic E-state index is 13.9. The van der Waals surface area contributed by atoms with Crippen molar-refractivity contribution in [1.82, 2.24) is 39.3 Å². The third-order valence-corrected chi connectivity index (χ3v) is 7.89. The molecule has 1 aliphatic heterocycles. The Kier molecular flexibility index (Phi) is 8.14. The lowest BCUT2D eigenvalue weighted by Gasteiger charge is -2.23. The average Bonchev–Trinajstić information content (AvgIpc) is 3.67. The molecule has 2 atom stereocenters. The van der Waals surface area contributed by atoms with Gasteiger partial charge in [-0.2, -0.15) is 27.1 Å². The van der Waals surface area contributed by atoms with Gasteiger partial charge in [0.05, 0.1) is 47.5 Å². The van der Waals surface area contributed by atoms with Crippen LogP contribution in [-0.4, -0.2) is 45.2 Å². The van der Waals surface area contributed by atoms with E-state index >= 15 is 0 Å². The fraction of sp³-hybridized carbons (Fsp3) is 0.276. The molecule has 17 heteroatoms. The second-order valence-corrected chi connectivity index (χ2v) is 11.1. The van der Waals surface area contributed by atoms with Crippen molar-refractivity contribution in [3.05, 3.63) is 88.1 Å². The molecular weight excluding hydrogens is 637 g/mol. The SMILES string of the molecule is C[C@@H]1CCC[C@H](n2cnc(-c3cc(Cl)ccc3-n3cc(C(F)(F)F)nn3)cc2=O)c2cncc(c2)-c2c(cnn2C(F)F)NC1=O. The molecule has 238 valence electrons. The molecule has 4 aromatic heterocycles. The highest BCUT2D eigenvalue weighted by Gasteiger charge is 2.35. The number of carbonyl (C=O) groups is 1. The second kappa shape index (κ2) is 12.1. The van der Waals surface area contributed by atoms with Gasteiger partial charge < -0.3 is 5.32 Å². The number of amides is 1. The maximum atomic E-state index is 13.9. The molecule has 2 bridgehead atoms. The van der Waals surface area contributed by atoms with Crippen LogP contribution in [-0.2, 0) is 11.0 Å². The summed E-state index contributed by atoms with van der Waals surface area (Å²) < 4.78 is 70.2. The number of fused-ring (bicyclic) bond motifs is 4. The maximum Gasteiger partial charge on any atom is 0.436 e. The minimum atomic E-state index is -4.72. The molecule has 5 aromatic rings. The Hall–Kier alpha value is -4.99. The number of hydrogen-bond acceptors (Lipinski definition) is 7. The van der Waals surface area contributed by atoms with E-state index in [-0.39, 0.29) is 44.8 Å². The molecule has 0 aliphatic carbocycles. The van der Waals surface area contributed by atoms with Gasteiger partial charge in [-0.25, -0.2) is 14.3 Å². The minimum absolute atomic E-state index is 0.0414. The van der Waals surface area contributed by atoms with Crippen molar-refractivity contribution in [1.29, 1.82) is 0 Å². The Balaban J connectivity index is 1.43. The summed E-state index contributed by atoms with van der Waals surface area (Å²) in [5.41, 5.74) is -0.405. The first-order valence-electron chi connectivity index (χ1n) is 13.9. The fourth-order valence-electron chi connectivity index (χ4n) is 5.35. The average molecular weight is 660 g/mol. The molecule has 6 rings (SSSR count). The topological polar surface area (TPSA) is 125 Å². The Morgan fingerprint density at radius 2 is 1.87 bits per heavy atom. The highest BCUT2D eigenvalue weighted by molar-refractivity contribution is 6.31. The lowest BCUT2D eigenvalue weighted by molar-refractivity contribution is -0.141. The molecule has 1 aromatic carbocycles. The number of alkyl halides is 5. The van der Waals surface area contributed by atoms with Gasteiger partial charge in [0, 0.05) is 40.5 Å². The summed E-state index contributed by atoms with van der Waals surface area (Å²) in [6.45, 7) is -1.29. The van der Waals surface area contributed by atoms with E-state index in [0.29, 0.717) is 35.7 Å². The molecule has 1 N–H and O–H groups in total. The predicted molar refractivity (Wildman–Crippen MR) is 155 cm³/mol. The van der Waals surface area contributed by atoms with Crippen molar-refractivity contribution < 1.29 is 26.7 Å². The quantitative estimate of drug-likeness (QED) is 0.229. The second-order valence-electron chi connectivity index (χ2n) is 10.7. The number of rotatable bonds is 4. The molecule has 46 heavy (non-hydrogen) atoms. The van der Waals surface area contributed by atoms with Gasteiger partial charge in [0.1, 0.15) is 0 Å². The number of pyridine rings is 1. The molecule has 1 aliphatic rings. The van der Waals surface area contributed by atoms with E-state index in [1.807, 2.05) is 0 Å². The lowest BCUT2D eigenvalue weighted by atomic mass is 9.95. The number of nitrogens with one attached hydrogen (secondary N) is 1. The molecule has 5 heterocycles. The Labute approximate surface area is 261 Å². The first kappa shape index (κ1) is 31.0. The van der Waals surface area contributed by atoms with Gasteiger partial charge >= 0.3 is 12.7 Å². The van der Waals surface area contributed by atoms with Crippen molar-refractivity contribution in [2.45, 2.75) is 45.0 Å². The van der Waals surface area contributed by atoms with Crippen LogP contribution in [0, 0.1) is 5.92 Å². The number of benzene rings is 1. The molecule has 11 nitrogen and oxygen atoms in total. The molecular formula is C29H23ClF5N9O2. The Morgan fingerprint density at radius 1 is 1.07 bits per heavy atom. The van der Waals surface area contributed by atoms with E-state index in [4.69, 9.17) is 11.6 Å². The summed E-state index contributed by atoms with van der Waals surface area (Å²) in [4.78, 5) is 35.3. The lowest BCUT2D eigenvalue weighted by Crippen LogP contribution is -2.27. The van der Waals surface area contributed by atoms with Gasteiger partial charge in [-0.05, 0) is 42.7 Å². The zero-order valence-electron chi connectivity index (χ0n) is 23.8. The Bertz CT molecular complexity index is 1990. The summed E-state index contributed by atoms with van der Waals surface area (Å²) in [6.07, 6.45) is 2.62. The summed E-state index contributed by atoms with van der Waals surface area (Å²) in [5, 5.41) is 13.5. The zero-order chi connectivity index (χ0) is 32.7. The van der Waals surface area contributed by atoms with Gasteiger partial charge in [-0.3, -0.25) is 19.1 Å². The van der Waals surface area contributed by atoms with Crippen molar-refractivity contribution in [2.24, 2.45) is 5.92 Å². The van der Waals surface area contributed by atoms with Crippen LogP contribution in [0.4, 0.5) is 27.6 Å². The van der Waals surface area contributed by atoms with Crippen molar-refractivity contribution in [3.63, 3.8) is 0 Å². The van der Waals surface area contributed by atoms with Crippen LogP contribution in [0.5, 0.6) is 0 Å². The van der Waals surface area contributed by atoms with Crippen LogP contribution in [0.25, 0.3) is 28.2 Å². The van der Waals surface area contributed by atoms with Gasteiger partial charge in [0.2, 0.25) is 5.91 Å². The normalized spacial score (nSPS) is 17.3. The van der Waals surface area contributed by atoms with Crippen molar-refractivity contribution >= 4 is 23.2 Å². The molecule has 0 unspecified atom stereocenters. The van der Waals surface area contributed by atoms with E-state index < -0.39 is 35.9 Å². The van der Waals surface area contributed by atoms with E-state index in [0.717, 1.165) is 10.9 Å². The Morgan fingerprint density at radius 3 is 2.59 bits per heavy atom. The van der Waals surface area contributed by atoms with E-state index in [2.05, 4.69) is 30.7 Å². The number of halogens is 6. The smallest absolute Gasteiger partial charge is 0.323 e. The number of nitrogens with zero attached hydrogens (tertiary/aromatic N) is 8. The third-order valence-electron chi connectivity index (χ3n) is 7.65. The highest BCUT2D eigenvalue weighted by atomic mass is 35.5. The van der Waals surface area contributed by atoms with Crippen LogP contribution >= 0.6 is 11.6 Å². The number of anilines is 1. The van der Waals surface area contributed by atoms with Crippen LogP contribution in [0.15, 0.2) is 66.2 Å². The van der Waals surface area contributed by atoms with Gasteiger partial charge in [-0.1, -0.05) is 30.2 Å². The molecule has 0 fully saturated rings. The van der Waals surface area contributed by atoms with Crippen LogP contribution in [0.3, 0.4) is 0 Å². The molecule has 0 saturated carbocycles. The van der Waals surface area contributed by atoms with Crippen LogP contribution in [0.1, 0.15) is 50.0 Å². The van der Waals surface area contributed by atoms with Gasteiger partial charge in [0.15, 0.2) is 5.69 Å². The largest absolute Gasteiger partial charge is 0.436 e. The van der Waals surface area contributed by atoms with Crippen LogP contribution in [0.2, 0.25) is 5.02 Å². The molecule has 0 radical (unpaired) electrons. The summed E-state index contributed by atoms with van der Waals surface area (Å²) in [5.74, 6) is -0.848. The first-order valence-corrected chi connectivity index (χ1v) is 14.3. The van der Waals surface area contributed by atoms with Crippen molar-refractivity contribution in [2.75, 3.05) is 5.32 Å². The standard InChI is InChI=1S/C29H23ClF5N9O2/c1-15-3-2-4-22(16-7-17(11-36-10-16)26-21(39-27(15)46)12-38-44(26)28(31)32)42-14-37-20(9-25(42)45)19-8-18(30)5-6-23(19)43-13-24(40-41-43)29(33,34)35/h5-15,22,28H,2-4H2,1H3,(H,39,46)/t15-,22+/m1/s1. The summed E-state index contributed by atoms with van der Waals surface area (Å²) >= 11 is 6.21.